The summed E-state index contributed by atoms with van der Waals surface area (Å²) in [6.07, 6.45) is 7.05. The van der Waals surface area contributed by atoms with E-state index in [2.05, 4.69) is 33.8 Å². The molecular formula is C28H35N3O2. The molecule has 5 heteroatoms. The minimum Gasteiger partial charge on any atom is -0.496 e. The number of hydrogen-bond donors (Lipinski definition) is 3. The second kappa shape index (κ2) is 10.0. The average molecular weight is 446 g/mol. The molecule has 1 heterocycles. The highest BCUT2D eigenvalue weighted by Gasteiger charge is 2.39. The molecule has 1 aromatic heterocycles. The van der Waals surface area contributed by atoms with E-state index in [1.165, 1.54) is 31.2 Å². The standard InChI is InChI=1S/C28H35N3O2/c1-33-27-9-5-3-7-23(27)24-16-21(24)18-29-15-14-19-10-12-22(13-11-19)30-28(32)26-17-20-6-2-4-8-25(20)31-26/h2-9,17,19,21-22,24,29,31H,10-16,18H2,1H3,(H,30,32)/t19-,21-,22-,24+/m0/s1. The summed E-state index contributed by atoms with van der Waals surface area (Å²) in [6.45, 7) is 2.19. The number of rotatable bonds is 9. The minimum atomic E-state index is 0.0188. The third kappa shape index (κ3) is 5.25. The van der Waals surface area contributed by atoms with Crippen molar-refractivity contribution in [3.8, 4) is 5.75 Å². The van der Waals surface area contributed by atoms with Crippen molar-refractivity contribution in [3.05, 3.63) is 65.9 Å². The second-order valence-electron chi connectivity index (χ2n) is 9.80. The number of methoxy groups -OCH3 is 1. The molecule has 33 heavy (non-hydrogen) atoms. The van der Waals surface area contributed by atoms with Crippen LogP contribution in [0.15, 0.2) is 54.6 Å². The maximum Gasteiger partial charge on any atom is 0.267 e. The van der Waals surface area contributed by atoms with Gasteiger partial charge in [-0.1, -0.05) is 36.4 Å². The molecule has 3 N–H and O–H groups in total. The molecule has 2 fully saturated rings. The largest absolute Gasteiger partial charge is 0.496 e. The van der Waals surface area contributed by atoms with E-state index in [-0.39, 0.29) is 5.91 Å². The molecule has 2 saturated carbocycles. The molecule has 0 spiro atoms. The number of amides is 1. The van der Waals surface area contributed by atoms with Crippen molar-refractivity contribution < 1.29 is 9.53 Å². The third-order valence-electron chi connectivity index (χ3n) is 7.55. The first-order chi connectivity index (χ1) is 16.2. The normalized spacial score (nSPS) is 24.5. The maximum atomic E-state index is 12.7. The number of fused-ring (bicyclic) bond motifs is 1. The first-order valence-electron chi connectivity index (χ1n) is 12.4. The van der Waals surface area contributed by atoms with Crippen LogP contribution in [0.1, 0.15) is 60.5 Å². The number of ether oxygens (including phenoxy) is 1. The summed E-state index contributed by atoms with van der Waals surface area (Å²) in [7, 11) is 1.76. The molecule has 174 valence electrons. The number of carbonyl (C=O) groups is 1. The van der Waals surface area contributed by atoms with Gasteiger partial charge in [0.2, 0.25) is 0 Å². The van der Waals surface area contributed by atoms with Gasteiger partial charge in [0.05, 0.1) is 7.11 Å². The summed E-state index contributed by atoms with van der Waals surface area (Å²) in [5.74, 6) is 3.19. The van der Waals surface area contributed by atoms with Crippen LogP contribution in [-0.4, -0.2) is 37.1 Å². The maximum absolute atomic E-state index is 12.7. The molecule has 3 aromatic rings. The highest BCUT2D eigenvalue weighted by Crippen LogP contribution is 2.49. The van der Waals surface area contributed by atoms with E-state index in [0.29, 0.717) is 17.7 Å². The fraction of sp³-hybridized carbons (Fsp3) is 0.464. The van der Waals surface area contributed by atoms with Crippen LogP contribution in [0.25, 0.3) is 10.9 Å². The van der Waals surface area contributed by atoms with Crippen molar-refractivity contribution in [2.75, 3.05) is 20.2 Å². The molecule has 0 unspecified atom stereocenters. The van der Waals surface area contributed by atoms with Crippen LogP contribution < -0.4 is 15.4 Å². The molecular weight excluding hydrogens is 410 g/mol. The fourth-order valence-electron chi connectivity index (χ4n) is 5.47. The molecule has 5 rings (SSSR count). The number of nitrogens with one attached hydrogen (secondary N) is 3. The van der Waals surface area contributed by atoms with Gasteiger partial charge in [0.25, 0.3) is 5.91 Å². The lowest BCUT2D eigenvalue weighted by Gasteiger charge is -2.29. The van der Waals surface area contributed by atoms with Gasteiger partial charge in [-0.2, -0.15) is 0 Å². The van der Waals surface area contributed by atoms with Crippen LogP contribution in [0.4, 0.5) is 0 Å². The average Bonchev–Trinajstić information content (AvgIpc) is 3.49. The molecule has 0 bridgehead atoms. The zero-order valence-corrected chi connectivity index (χ0v) is 19.5. The molecule has 2 aromatic carbocycles. The van der Waals surface area contributed by atoms with Crippen LogP contribution in [0, 0.1) is 11.8 Å². The van der Waals surface area contributed by atoms with Gasteiger partial charge in [-0.3, -0.25) is 4.79 Å². The van der Waals surface area contributed by atoms with Gasteiger partial charge in [0.15, 0.2) is 0 Å². The Morgan fingerprint density at radius 1 is 1.06 bits per heavy atom. The van der Waals surface area contributed by atoms with Crippen molar-refractivity contribution in [2.45, 2.75) is 50.5 Å². The quantitative estimate of drug-likeness (QED) is 0.394. The number of aromatic nitrogens is 1. The van der Waals surface area contributed by atoms with Crippen molar-refractivity contribution in [1.29, 1.82) is 0 Å². The number of aromatic amines is 1. The van der Waals surface area contributed by atoms with Gasteiger partial charge < -0.3 is 20.4 Å². The van der Waals surface area contributed by atoms with Gasteiger partial charge >= 0.3 is 0 Å². The van der Waals surface area contributed by atoms with Crippen molar-refractivity contribution in [2.24, 2.45) is 11.8 Å². The first kappa shape index (κ1) is 22.0. The Balaban J connectivity index is 0.989. The van der Waals surface area contributed by atoms with E-state index in [9.17, 15) is 4.79 Å². The number of hydrogen-bond acceptors (Lipinski definition) is 3. The zero-order chi connectivity index (χ0) is 22.6. The number of H-pyrrole nitrogens is 1. The smallest absolute Gasteiger partial charge is 0.267 e. The Morgan fingerprint density at radius 2 is 1.85 bits per heavy atom. The highest BCUT2D eigenvalue weighted by molar-refractivity contribution is 5.98. The van der Waals surface area contributed by atoms with E-state index < -0.39 is 0 Å². The van der Waals surface area contributed by atoms with Gasteiger partial charge in [0.1, 0.15) is 11.4 Å². The SMILES string of the molecule is COc1ccccc1[C@@H]1C[C@H]1CNCC[C@H]1CC[C@H](NC(=O)c2cc3ccccc3[nH]2)CC1. The Bertz CT molecular complexity index is 1050. The second-order valence-corrected chi connectivity index (χ2v) is 9.80. The van der Waals surface area contributed by atoms with E-state index in [1.54, 1.807) is 7.11 Å². The van der Waals surface area contributed by atoms with Gasteiger partial charge in [-0.15, -0.1) is 0 Å². The summed E-state index contributed by atoms with van der Waals surface area (Å²) in [5, 5.41) is 8.02. The lowest BCUT2D eigenvalue weighted by Crippen LogP contribution is -2.38. The van der Waals surface area contributed by atoms with Gasteiger partial charge in [-0.05, 0) is 93.1 Å². The summed E-state index contributed by atoms with van der Waals surface area (Å²) < 4.78 is 5.52. The van der Waals surface area contributed by atoms with E-state index >= 15 is 0 Å². The zero-order valence-electron chi connectivity index (χ0n) is 19.5. The van der Waals surface area contributed by atoms with Gasteiger partial charge in [0, 0.05) is 16.9 Å². The lowest BCUT2D eigenvalue weighted by molar-refractivity contribution is 0.0917. The Hall–Kier alpha value is -2.79. The van der Waals surface area contributed by atoms with Crippen LogP contribution in [0.3, 0.4) is 0 Å². The van der Waals surface area contributed by atoms with Crippen LogP contribution in [0.2, 0.25) is 0 Å². The molecule has 0 saturated heterocycles. The lowest BCUT2D eigenvalue weighted by atomic mass is 9.84. The monoisotopic (exact) mass is 445 g/mol. The molecule has 2 aliphatic rings. The molecule has 0 radical (unpaired) electrons. The molecule has 0 aliphatic heterocycles. The van der Waals surface area contributed by atoms with Crippen LogP contribution >= 0.6 is 0 Å². The topological polar surface area (TPSA) is 66.2 Å². The fourth-order valence-corrected chi connectivity index (χ4v) is 5.47. The van der Waals surface area contributed by atoms with E-state index in [4.69, 9.17) is 4.74 Å². The minimum absolute atomic E-state index is 0.0188. The number of para-hydroxylation sites is 2. The predicted octanol–water partition coefficient (Wildman–Crippen LogP) is 5.25. The van der Waals surface area contributed by atoms with E-state index in [0.717, 1.165) is 54.4 Å². The number of carbonyl (C=O) groups excluding carboxylic acids is 1. The molecule has 2 atom stereocenters. The number of benzene rings is 2. The van der Waals surface area contributed by atoms with Crippen molar-refractivity contribution >= 4 is 16.8 Å². The predicted molar refractivity (Wildman–Crippen MR) is 133 cm³/mol. The Labute approximate surface area is 196 Å². The Kier molecular flexibility index (Phi) is 6.68. The van der Waals surface area contributed by atoms with E-state index in [1.807, 2.05) is 36.4 Å². The molecule has 2 aliphatic carbocycles. The first-order valence-corrected chi connectivity index (χ1v) is 12.4. The summed E-state index contributed by atoms with van der Waals surface area (Å²) >= 11 is 0. The molecule has 1 amide bonds. The molecule has 5 nitrogen and oxygen atoms in total. The van der Waals surface area contributed by atoms with Crippen molar-refractivity contribution in [1.82, 2.24) is 15.6 Å². The summed E-state index contributed by atoms with van der Waals surface area (Å²) in [5.41, 5.74) is 3.04. The third-order valence-corrected chi connectivity index (χ3v) is 7.55. The van der Waals surface area contributed by atoms with Crippen molar-refractivity contribution in [3.63, 3.8) is 0 Å². The highest BCUT2D eigenvalue weighted by atomic mass is 16.5. The Morgan fingerprint density at radius 3 is 2.67 bits per heavy atom. The van der Waals surface area contributed by atoms with Crippen LogP contribution in [-0.2, 0) is 0 Å². The van der Waals surface area contributed by atoms with Crippen LogP contribution in [0.5, 0.6) is 5.75 Å². The summed E-state index contributed by atoms with van der Waals surface area (Å²) in [6, 6.07) is 18.7. The summed E-state index contributed by atoms with van der Waals surface area (Å²) in [4.78, 5) is 15.9. The van der Waals surface area contributed by atoms with Gasteiger partial charge in [-0.25, -0.2) is 0 Å².